The molecule has 1 aromatic carbocycles. The van der Waals surface area contributed by atoms with Crippen LogP contribution in [0, 0.1) is 5.92 Å². The second kappa shape index (κ2) is 9.45. The summed E-state index contributed by atoms with van der Waals surface area (Å²) in [6.07, 6.45) is 3.60. The topological polar surface area (TPSA) is 111 Å². The van der Waals surface area contributed by atoms with Crippen molar-refractivity contribution in [2.45, 2.75) is 26.9 Å². The van der Waals surface area contributed by atoms with E-state index in [1.54, 1.807) is 18.0 Å². The fourth-order valence-corrected chi connectivity index (χ4v) is 3.30. The summed E-state index contributed by atoms with van der Waals surface area (Å²) < 4.78 is 8.42. The van der Waals surface area contributed by atoms with Gasteiger partial charge in [0.25, 0.3) is 5.56 Å². The Labute approximate surface area is 174 Å². The van der Waals surface area contributed by atoms with Crippen LogP contribution in [0.15, 0.2) is 52.3 Å². The normalized spacial score (nSPS) is 11.2. The Hall–Kier alpha value is -3.33. The van der Waals surface area contributed by atoms with Crippen LogP contribution in [0.3, 0.4) is 0 Å². The Morgan fingerprint density at radius 3 is 2.57 bits per heavy atom. The van der Waals surface area contributed by atoms with Gasteiger partial charge in [-0.3, -0.25) is 14.3 Å². The highest BCUT2D eigenvalue weighted by atomic mass is 16.5. The zero-order valence-corrected chi connectivity index (χ0v) is 17.5. The summed E-state index contributed by atoms with van der Waals surface area (Å²) in [5.41, 5.74) is 7.51. The van der Waals surface area contributed by atoms with Crippen LogP contribution in [0.4, 0.5) is 11.5 Å². The molecule has 0 spiro atoms. The van der Waals surface area contributed by atoms with Gasteiger partial charge in [-0.1, -0.05) is 26.0 Å². The summed E-state index contributed by atoms with van der Waals surface area (Å²) in [6, 6.07) is 9.74. The van der Waals surface area contributed by atoms with Crippen LogP contribution in [0.5, 0.6) is 0 Å². The minimum atomic E-state index is -0.498. The monoisotopic (exact) mass is 412 g/mol. The van der Waals surface area contributed by atoms with Crippen LogP contribution in [-0.4, -0.2) is 39.6 Å². The van der Waals surface area contributed by atoms with Crippen LogP contribution < -0.4 is 21.9 Å². The number of nitrogens with two attached hydrogens (primary N) is 1. The van der Waals surface area contributed by atoms with Crippen molar-refractivity contribution in [2.24, 2.45) is 5.92 Å². The zero-order chi connectivity index (χ0) is 21.7. The van der Waals surface area contributed by atoms with E-state index < -0.39 is 11.2 Å². The minimum Gasteiger partial charge on any atom is -0.383 e. The van der Waals surface area contributed by atoms with E-state index in [1.165, 1.54) is 4.57 Å². The molecule has 3 N–H and O–H groups in total. The summed E-state index contributed by atoms with van der Waals surface area (Å²) in [5.74, 6) is 0.368. The SMILES string of the molecule is COCCN(Cc1ccc(-n2cccn2)cc1)c1c(N)n(CC(C)C)c(=O)[nH]c1=O. The van der Waals surface area contributed by atoms with Gasteiger partial charge in [0.15, 0.2) is 0 Å². The van der Waals surface area contributed by atoms with E-state index in [2.05, 4.69) is 10.1 Å². The Balaban J connectivity index is 1.95. The third kappa shape index (κ3) is 4.80. The molecule has 0 bridgehead atoms. The first-order chi connectivity index (χ1) is 14.4. The predicted octanol–water partition coefficient (Wildman–Crippen LogP) is 1.61. The van der Waals surface area contributed by atoms with Crippen molar-refractivity contribution >= 4 is 11.5 Å². The first-order valence-electron chi connectivity index (χ1n) is 9.86. The number of aromatic nitrogens is 4. The number of nitrogens with zero attached hydrogens (tertiary/aromatic N) is 4. The van der Waals surface area contributed by atoms with Crippen LogP contribution in [0.25, 0.3) is 5.69 Å². The molecule has 0 aliphatic heterocycles. The number of anilines is 2. The van der Waals surface area contributed by atoms with E-state index in [0.29, 0.717) is 26.2 Å². The van der Waals surface area contributed by atoms with Gasteiger partial charge in [-0.2, -0.15) is 5.10 Å². The highest BCUT2D eigenvalue weighted by Crippen LogP contribution is 2.20. The molecule has 3 aromatic rings. The van der Waals surface area contributed by atoms with Crippen molar-refractivity contribution in [1.29, 1.82) is 0 Å². The van der Waals surface area contributed by atoms with E-state index in [1.807, 2.05) is 55.3 Å². The first-order valence-corrected chi connectivity index (χ1v) is 9.86. The highest BCUT2D eigenvalue weighted by molar-refractivity contribution is 5.62. The summed E-state index contributed by atoms with van der Waals surface area (Å²) >= 11 is 0. The molecule has 0 fully saturated rings. The van der Waals surface area contributed by atoms with Crippen molar-refractivity contribution in [3.63, 3.8) is 0 Å². The van der Waals surface area contributed by atoms with E-state index >= 15 is 0 Å². The molecule has 0 atom stereocenters. The molecule has 0 aliphatic carbocycles. The van der Waals surface area contributed by atoms with Crippen LogP contribution in [0.1, 0.15) is 19.4 Å². The van der Waals surface area contributed by atoms with Crippen LogP contribution in [0.2, 0.25) is 0 Å². The van der Waals surface area contributed by atoms with E-state index in [-0.39, 0.29) is 17.4 Å². The third-order valence-electron chi connectivity index (χ3n) is 4.72. The lowest BCUT2D eigenvalue weighted by atomic mass is 10.2. The van der Waals surface area contributed by atoms with Crippen molar-refractivity contribution in [3.05, 3.63) is 69.1 Å². The molecule has 160 valence electrons. The number of ether oxygens (including phenoxy) is 1. The molecule has 0 saturated carbocycles. The first kappa shape index (κ1) is 21.4. The van der Waals surface area contributed by atoms with Crippen LogP contribution >= 0.6 is 0 Å². The van der Waals surface area contributed by atoms with Gasteiger partial charge in [0.2, 0.25) is 0 Å². The highest BCUT2D eigenvalue weighted by Gasteiger charge is 2.19. The standard InChI is InChI=1S/C21H28N6O3/c1-15(2)13-26-19(22)18(20(28)24-21(26)29)25(11-12-30-3)14-16-5-7-17(8-6-16)27-10-4-9-23-27/h4-10,15H,11-14,22H2,1-3H3,(H,24,28,29). The second-order valence-corrected chi connectivity index (χ2v) is 7.53. The maximum Gasteiger partial charge on any atom is 0.330 e. The second-order valence-electron chi connectivity index (χ2n) is 7.53. The molecule has 3 rings (SSSR count). The third-order valence-corrected chi connectivity index (χ3v) is 4.72. The number of aromatic amines is 1. The fourth-order valence-electron chi connectivity index (χ4n) is 3.30. The van der Waals surface area contributed by atoms with E-state index in [0.717, 1.165) is 11.3 Å². The summed E-state index contributed by atoms with van der Waals surface area (Å²) in [5, 5.41) is 4.23. The van der Waals surface area contributed by atoms with Gasteiger partial charge < -0.3 is 15.4 Å². The number of nitrogen functional groups attached to an aromatic ring is 1. The van der Waals surface area contributed by atoms with E-state index in [4.69, 9.17) is 10.5 Å². The van der Waals surface area contributed by atoms with Gasteiger partial charge in [0.05, 0.1) is 12.3 Å². The number of benzene rings is 1. The van der Waals surface area contributed by atoms with Gasteiger partial charge in [0.1, 0.15) is 11.5 Å². The number of methoxy groups -OCH3 is 1. The van der Waals surface area contributed by atoms with Crippen molar-refractivity contribution < 1.29 is 4.74 Å². The number of H-pyrrole nitrogens is 1. The number of nitrogens with one attached hydrogen (secondary N) is 1. The molecule has 2 aromatic heterocycles. The smallest absolute Gasteiger partial charge is 0.330 e. The molecule has 2 heterocycles. The van der Waals surface area contributed by atoms with Gasteiger partial charge in [0, 0.05) is 39.1 Å². The summed E-state index contributed by atoms with van der Waals surface area (Å²) in [6.45, 7) is 5.69. The summed E-state index contributed by atoms with van der Waals surface area (Å²) in [4.78, 5) is 29.2. The zero-order valence-electron chi connectivity index (χ0n) is 17.5. The quantitative estimate of drug-likeness (QED) is 0.552. The molecule has 0 radical (unpaired) electrons. The van der Waals surface area contributed by atoms with Crippen LogP contribution in [-0.2, 0) is 17.8 Å². The Morgan fingerprint density at radius 2 is 1.97 bits per heavy atom. The maximum atomic E-state index is 12.7. The molecule has 0 saturated heterocycles. The lowest BCUT2D eigenvalue weighted by Gasteiger charge is -2.26. The molecule has 9 heteroatoms. The van der Waals surface area contributed by atoms with Gasteiger partial charge >= 0.3 is 5.69 Å². The van der Waals surface area contributed by atoms with Gasteiger partial charge in [-0.05, 0) is 29.7 Å². The van der Waals surface area contributed by atoms with Crippen molar-refractivity contribution in [2.75, 3.05) is 30.9 Å². The molecule has 30 heavy (non-hydrogen) atoms. The number of rotatable bonds is 9. The molecule has 0 amide bonds. The van der Waals surface area contributed by atoms with Gasteiger partial charge in [-0.25, -0.2) is 9.48 Å². The fraction of sp³-hybridized carbons (Fsp3) is 0.381. The Bertz CT molecular complexity index is 1070. The molecular formula is C21H28N6O3. The lowest BCUT2D eigenvalue weighted by Crippen LogP contribution is -2.39. The molecule has 9 nitrogen and oxygen atoms in total. The largest absolute Gasteiger partial charge is 0.383 e. The Morgan fingerprint density at radius 1 is 1.23 bits per heavy atom. The lowest BCUT2D eigenvalue weighted by molar-refractivity contribution is 0.205. The van der Waals surface area contributed by atoms with Crippen molar-refractivity contribution in [3.8, 4) is 5.69 Å². The molecular weight excluding hydrogens is 384 g/mol. The average molecular weight is 412 g/mol. The van der Waals surface area contributed by atoms with Gasteiger partial charge in [-0.15, -0.1) is 0 Å². The van der Waals surface area contributed by atoms with Crippen molar-refractivity contribution in [1.82, 2.24) is 19.3 Å². The maximum absolute atomic E-state index is 12.7. The number of hydrogen-bond donors (Lipinski definition) is 2. The number of hydrogen-bond acceptors (Lipinski definition) is 6. The Kier molecular flexibility index (Phi) is 6.73. The molecule has 0 aliphatic rings. The minimum absolute atomic E-state index is 0.168. The average Bonchev–Trinajstić information content (AvgIpc) is 3.24. The molecule has 0 unspecified atom stereocenters. The predicted molar refractivity (Wildman–Crippen MR) is 117 cm³/mol. The van der Waals surface area contributed by atoms with E-state index in [9.17, 15) is 9.59 Å². The summed E-state index contributed by atoms with van der Waals surface area (Å²) in [7, 11) is 1.60.